The Morgan fingerprint density at radius 3 is 2.65 bits per heavy atom. The molecule has 7 nitrogen and oxygen atoms in total. The Morgan fingerprint density at radius 1 is 1.43 bits per heavy atom. The van der Waals surface area contributed by atoms with E-state index in [1.165, 1.54) is 10.4 Å². The summed E-state index contributed by atoms with van der Waals surface area (Å²) in [6.07, 6.45) is 0.603. The quantitative estimate of drug-likeness (QED) is 0.862. The SMILES string of the molecule is Cc1cccc(S(=O)(=O)N2CCC(OCC(=O)O)CC2)c1C#N. The largest absolute Gasteiger partial charge is 0.480 e. The minimum atomic E-state index is -3.74. The Balaban J connectivity index is 2.13. The van der Waals surface area contributed by atoms with Gasteiger partial charge in [0.15, 0.2) is 0 Å². The Kier molecular flexibility index (Phi) is 5.36. The molecule has 124 valence electrons. The summed E-state index contributed by atoms with van der Waals surface area (Å²) in [5.41, 5.74) is 0.782. The van der Waals surface area contributed by atoms with Gasteiger partial charge < -0.3 is 9.84 Å². The highest BCUT2D eigenvalue weighted by Gasteiger charge is 2.31. The number of aryl methyl sites for hydroxylation is 1. The van der Waals surface area contributed by atoms with E-state index in [2.05, 4.69) is 0 Å². The summed E-state index contributed by atoms with van der Waals surface area (Å²) in [5.74, 6) is -1.04. The number of carboxylic acids is 1. The standard InChI is InChI=1S/C15H18N2O5S/c1-11-3-2-4-14(13(11)9-16)23(20,21)17-7-5-12(6-8-17)22-10-15(18)19/h2-4,12H,5-8,10H2,1H3,(H,18,19). The zero-order chi connectivity index (χ0) is 17.0. The number of piperidine rings is 1. The number of ether oxygens (including phenoxy) is 1. The number of hydrogen-bond donors (Lipinski definition) is 1. The Hall–Kier alpha value is -1.95. The van der Waals surface area contributed by atoms with Gasteiger partial charge in [0.2, 0.25) is 10.0 Å². The molecule has 2 rings (SSSR count). The maximum atomic E-state index is 12.7. The fourth-order valence-corrected chi connectivity index (χ4v) is 4.25. The first-order valence-electron chi connectivity index (χ1n) is 7.19. The fourth-order valence-electron chi connectivity index (χ4n) is 2.57. The van der Waals surface area contributed by atoms with E-state index in [1.54, 1.807) is 19.1 Å². The van der Waals surface area contributed by atoms with Gasteiger partial charge in [-0.05, 0) is 31.4 Å². The smallest absolute Gasteiger partial charge is 0.329 e. The highest BCUT2D eigenvalue weighted by Crippen LogP contribution is 2.25. The van der Waals surface area contributed by atoms with E-state index < -0.39 is 16.0 Å². The zero-order valence-electron chi connectivity index (χ0n) is 12.7. The number of rotatable bonds is 5. The Labute approximate surface area is 135 Å². The molecule has 1 heterocycles. The summed E-state index contributed by atoms with van der Waals surface area (Å²) in [4.78, 5) is 10.5. The first-order valence-corrected chi connectivity index (χ1v) is 8.63. The van der Waals surface area contributed by atoms with E-state index in [1.807, 2.05) is 6.07 Å². The lowest BCUT2D eigenvalue weighted by atomic mass is 10.1. The van der Waals surface area contributed by atoms with Gasteiger partial charge in [0.25, 0.3) is 0 Å². The maximum absolute atomic E-state index is 12.7. The van der Waals surface area contributed by atoms with Crippen LogP contribution in [0.5, 0.6) is 0 Å². The van der Waals surface area contributed by atoms with Crippen LogP contribution in [0.4, 0.5) is 0 Å². The number of hydrogen-bond acceptors (Lipinski definition) is 5. The van der Waals surface area contributed by atoms with E-state index in [-0.39, 0.29) is 36.3 Å². The molecule has 0 aromatic heterocycles. The van der Waals surface area contributed by atoms with Gasteiger partial charge in [-0.3, -0.25) is 0 Å². The number of carbonyl (C=O) groups is 1. The second-order valence-electron chi connectivity index (χ2n) is 5.37. The number of carboxylic acid groups (broad SMARTS) is 1. The van der Waals surface area contributed by atoms with E-state index in [0.29, 0.717) is 18.4 Å². The molecular weight excluding hydrogens is 320 g/mol. The number of nitrogens with zero attached hydrogens (tertiary/aromatic N) is 2. The molecule has 0 bridgehead atoms. The Bertz CT molecular complexity index is 731. The fraction of sp³-hybridized carbons (Fsp3) is 0.467. The van der Waals surface area contributed by atoms with Crippen LogP contribution >= 0.6 is 0 Å². The van der Waals surface area contributed by atoms with Crippen LogP contribution in [0, 0.1) is 18.3 Å². The molecule has 1 aliphatic rings. The van der Waals surface area contributed by atoms with Crippen molar-refractivity contribution in [3.63, 3.8) is 0 Å². The van der Waals surface area contributed by atoms with Crippen LogP contribution < -0.4 is 0 Å². The molecule has 0 spiro atoms. The van der Waals surface area contributed by atoms with Crippen LogP contribution in [0.25, 0.3) is 0 Å². The predicted octanol–water partition coefficient (Wildman–Crippen LogP) is 1.12. The lowest BCUT2D eigenvalue weighted by Gasteiger charge is -2.31. The molecule has 0 unspecified atom stereocenters. The molecule has 1 N–H and O–H groups in total. The molecule has 1 fully saturated rings. The molecule has 1 aliphatic heterocycles. The summed E-state index contributed by atoms with van der Waals surface area (Å²) in [6.45, 7) is 1.80. The third kappa shape index (κ3) is 3.88. The van der Waals surface area contributed by atoms with Crippen molar-refractivity contribution >= 4 is 16.0 Å². The van der Waals surface area contributed by atoms with Gasteiger partial charge >= 0.3 is 5.97 Å². The van der Waals surface area contributed by atoms with Crippen molar-refractivity contribution in [3.05, 3.63) is 29.3 Å². The number of nitriles is 1. The van der Waals surface area contributed by atoms with Crippen molar-refractivity contribution in [2.45, 2.75) is 30.8 Å². The van der Waals surface area contributed by atoms with E-state index in [0.717, 1.165) is 0 Å². The third-order valence-electron chi connectivity index (χ3n) is 3.81. The van der Waals surface area contributed by atoms with Gasteiger partial charge in [0, 0.05) is 13.1 Å². The van der Waals surface area contributed by atoms with Gasteiger partial charge in [-0.1, -0.05) is 12.1 Å². The van der Waals surface area contributed by atoms with Crippen molar-refractivity contribution in [2.75, 3.05) is 19.7 Å². The van der Waals surface area contributed by atoms with Gasteiger partial charge in [0.05, 0.1) is 11.7 Å². The van der Waals surface area contributed by atoms with Crippen molar-refractivity contribution in [1.29, 1.82) is 5.26 Å². The zero-order valence-corrected chi connectivity index (χ0v) is 13.5. The second kappa shape index (κ2) is 7.08. The normalized spacial score (nSPS) is 16.9. The van der Waals surface area contributed by atoms with Gasteiger partial charge in [0.1, 0.15) is 17.6 Å². The molecule has 23 heavy (non-hydrogen) atoms. The summed E-state index contributed by atoms with van der Waals surface area (Å²) in [6, 6.07) is 6.71. The summed E-state index contributed by atoms with van der Waals surface area (Å²) < 4.78 is 32.0. The van der Waals surface area contributed by atoms with Crippen LogP contribution in [-0.4, -0.2) is 49.6 Å². The maximum Gasteiger partial charge on any atom is 0.329 e. The molecule has 1 aromatic rings. The molecule has 0 atom stereocenters. The van der Waals surface area contributed by atoms with Crippen molar-refractivity contribution in [1.82, 2.24) is 4.31 Å². The topological polar surface area (TPSA) is 108 Å². The molecule has 0 radical (unpaired) electrons. The summed E-state index contributed by atoms with van der Waals surface area (Å²) >= 11 is 0. The van der Waals surface area contributed by atoms with Crippen LogP contribution in [0.2, 0.25) is 0 Å². The third-order valence-corrected chi connectivity index (χ3v) is 5.75. The number of sulfonamides is 1. The summed E-state index contributed by atoms with van der Waals surface area (Å²) in [5, 5.41) is 17.8. The molecule has 1 aromatic carbocycles. The number of benzene rings is 1. The minimum absolute atomic E-state index is 0.0184. The van der Waals surface area contributed by atoms with Crippen LogP contribution in [0.3, 0.4) is 0 Å². The second-order valence-corrected chi connectivity index (χ2v) is 7.27. The Morgan fingerprint density at radius 2 is 2.09 bits per heavy atom. The summed E-state index contributed by atoms with van der Waals surface area (Å²) in [7, 11) is -3.74. The molecule has 0 saturated carbocycles. The van der Waals surface area contributed by atoms with Crippen molar-refractivity contribution in [2.24, 2.45) is 0 Å². The first kappa shape index (κ1) is 17.4. The van der Waals surface area contributed by atoms with Crippen molar-refractivity contribution < 1.29 is 23.1 Å². The van der Waals surface area contributed by atoms with E-state index >= 15 is 0 Å². The van der Waals surface area contributed by atoms with Crippen LogP contribution in [0.1, 0.15) is 24.0 Å². The highest BCUT2D eigenvalue weighted by atomic mass is 32.2. The highest BCUT2D eigenvalue weighted by molar-refractivity contribution is 7.89. The average Bonchev–Trinajstić information content (AvgIpc) is 2.53. The van der Waals surface area contributed by atoms with Crippen molar-refractivity contribution in [3.8, 4) is 6.07 Å². The van der Waals surface area contributed by atoms with Crippen LogP contribution in [0.15, 0.2) is 23.1 Å². The van der Waals surface area contributed by atoms with Gasteiger partial charge in [-0.15, -0.1) is 0 Å². The first-order chi connectivity index (χ1) is 10.9. The lowest BCUT2D eigenvalue weighted by Crippen LogP contribution is -2.41. The molecular formula is C15H18N2O5S. The van der Waals surface area contributed by atoms with Gasteiger partial charge in [-0.25, -0.2) is 13.2 Å². The average molecular weight is 338 g/mol. The molecule has 0 amide bonds. The van der Waals surface area contributed by atoms with Crippen LogP contribution in [-0.2, 0) is 19.6 Å². The predicted molar refractivity (Wildman–Crippen MR) is 81.3 cm³/mol. The monoisotopic (exact) mass is 338 g/mol. The molecule has 1 saturated heterocycles. The van der Waals surface area contributed by atoms with E-state index in [4.69, 9.17) is 9.84 Å². The van der Waals surface area contributed by atoms with E-state index in [9.17, 15) is 18.5 Å². The van der Waals surface area contributed by atoms with Gasteiger partial charge in [-0.2, -0.15) is 9.57 Å². The molecule has 8 heteroatoms. The lowest BCUT2D eigenvalue weighted by molar-refractivity contribution is -0.145. The number of aliphatic carboxylic acids is 1. The minimum Gasteiger partial charge on any atom is -0.480 e. The molecule has 0 aliphatic carbocycles.